The lowest BCUT2D eigenvalue weighted by atomic mass is 10.0. The summed E-state index contributed by atoms with van der Waals surface area (Å²) in [5.41, 5.74) is 5.34. The van der Waals surface area contributed by atoms with Gasteiger partial charge in [0.05, 0.1) is 12.8 Å². The van der Waals surface area contributed by atoms with Gasteiger partial charge in [-0.2, -0.15) is 0 Å². The summed E-state index contributed by atoms with van der Waals surface area (Å²) in [6.45, 7) is 2.10. The molecule has 0 unspecified atom stereocenters. The van der Waals surface area contributed by atoms with E-state index in [4.69, 9.17) is 8.83 Å². The monoisotopic (exact) mass is 385 g/mol. The van der Waals surface area contributed by atoms with Crippen LogP contribution in [0.25, 0.3) is 11.0 Å². The van der Waals surface area contributed by atoms with E-state index in [0.29, 0.717) is 18.7 Å². The Morgan fingerprint density at radius 1 is 0.862 bits per heavy atom. The average molecular weight is 385 g/mol. The van der Waals surface area contributed by atoms with Gasteiger partial charge in [0.25, 0.3) is 0 Å². The smallest absolute Gasteiger partial charge is 0.336 e. The Bertz CT molecular complexity index is 1180. The maximum atomic E-state index is 12.3. The second-order valence-electron chi connectivity index (χ2n) is 7.77. The molecular weight excluding hydrogens is 362 g/mol. The number of hydrogen-bond acceptors (Lipinski definition) is 4. The lowest BCUT2D eigenvalue weighted by Gasteiger charge is -2.22. The largest absolute Gasteiger partial charge is 0.468 e. The van der Waals surface area contributed by atoms with Crippen LogP contribution in [0.2, 0.25) is 0 Å². The summed E-state index contributed by atoms with van der Waals surface area (Å²) in [4.78, 5) is 14.6. The Balaban J connectivity index is 1.52. The van der Waals surface area contributed by atoms with Crippen LogP contribution in [0.5, 0.6) is 0 Å². The van der Waals surface area contributed by atoms with Crippen LogP contribution < -0.4 is 5.63 Å². The zero-order valence-corrected chi connectivity index (χ0v) is 16.3. The minimum absolute atomic E-state index is 0.289. The zero-order valence-electron chi connectivity index (χ0n) is 16.3. The SMILES string of the molecule is O=c1cc(CN(Cc2ccccc2)Cc2ccco2)c2cc3c(cc2o1)CCC3. The molecule has 0 spiro atoms. The van der Waals surface area contributed by atoms with Gasteiger partial charge < -0.3 is 8.83 Å². The minimum atomic E-state index is -0.289. The van der Waals surface area contributed by atoms with Gasteiger partial charge in [-0.25, -0.2) is 4.79 Å². The molecule has 1 aliphatic rings. The van der Waals surface area contributed by atoms with Crippen LogP contribution in [0.15, 0.2) is 80.6 Å². The Kier molecular flexibility index (Phi) is 4.78. The van der Waals surface area contributed by atoms with E-state index in [-0.39, 0.29) is 5.63 Å². The van der Waals surface area contributed by atoms with Gasteiger partial charge in [0.2, 0.25) is 0 Å². The molecule has 0 bridgehead atoms. The summed E-state index contributed by atoms with van der Waals surface area (Å²) in [7, 11) is 0. The van der Waals surface area contributed by atoms with Gasteiger partial charge in [-0.3, -0.25) is 4.90 Å². The molecule has 0 amide bonds. The van der Waals surface area contributed by atoms with E-state index in [0.717, 1.165) is 36.1 Å². The summed E-state index contributed by atoms with van der Waals surface area (Å²) in [6, 6.07) is 20.2. The van der Waals surface area contributed by atoms with Crippen molar-refractivity contribution < 1.29 is 8.83 Å². The Hall–Kier alpha value is -3.11. The number of fused-ring (bicyclic) bond motifs is 2. The van der Waals surface area contributed by atoms with Crippen LogP contribution in [0.1, 0.15) is 34.4 Å². The molecule has 4 aromatic rings. The van der Waals surface area contributed by atoms with Crippen LogP contribution in [-0.4, -0.2) is 4.90 Å². The van der Waals surface area contributed by atoms with E-state index in [1.165, 1.54) is 23.1 Å². The second-order valence-corrected chi connectivity index (χ2v) is 7.77. The lowest BCUT2D eigenvalue weighted by Crippen LogP contribution is -2.23. The van der Waals surface area contributed by atoms with E-state index in [1.54, 1.807) is 12.3 Å². The molecule has 146 valence electrons. The Morgan fingerprint density at radius 3 is 2.48 bits per heavy atom. The predicted molar refractivity (Wildman–Crippen MR) is 113 cm³/mol. The lowest BCUT2D eigenvalue weighted by molar-refractivity contribution is 0.227. The fourth-order valence-corrected chi connectivity index (χ4v) is 4.30. The van der Waals surface area contributed by atoms with Crippen LogP contribution in [0.3, 0.4) is 0 Å². The quantitative estimate of drug-likeness (QED) is 0.434. The molecule has 0 saturated heterocycles. The zero-order chi connectivity index (χ0) is 19.6. The molecule has 4 nitrogen and oxygen atoms in total. The first kappa shape index (κ1) is 18.0. The molecule has 5 rings (SSSR count). The normalized spacial score (nSPS) is 13.3. The van der Waals surface area contributed by atoms with Crippen molar-refractivity contribution in [3.05, 3.63) is 105 Å². The minimum Gasteiger partial charge on any atom is -0.468 e. The highest BCUT2D eigenvalue weighted by Gasteiger charge is 2.17. The van der Waals surface area contributed by atoms with E-state index >= 15 is 0 Å². The Labute approximate surface area is 169 Å². The summed E-state index contributed by atoms with van der Waals surface area (Å²) < 4.78 is 11.1. The van der Waals surface area contributed by atoms with Gasteiger partial charge in [-0.15, -0.1) is 0 Å². The van der Waals surface area contributed by atoms with Crippen molar-refractivity contribution in [3.63, 3.8) is 0 Å². The second kappa shape index (κ2) is 7.72. The van der Waals surface area contributed by atoms with Crippen LogP contribution >= 0.6 is 0 Å². The molecule has 0 fully saturated rings. The fourth-order valence-electron chi connectivity index (χ4n) is 4.30. The van der Waals surface area contributed by atoms with E-state index < -0.39 is 0 Å². The van der Waals surface area contributed by atoms with Crippen molar-refractivity contribution in [2.45, 2.75) is 38.9 Å². The third-order valence-corrected chi connectivity index (χ3v) is 5.65. The van der Waals surface area contributed by atoms with Gasteiger partial charge in [0.15, 0.2) is 0 Å². The van der Waals surface area contributed by atoms with Crippen LogP contribution in [-0.2, 0) is 32.5 Å². The number of hydrogen-bond donors (Lipinski definition) is 0. The number of nitrogens with zero attached hydrogens (tertiary/aromatic N) is 1. The fraction of sp³-hybridized carbons (Fsp3) is 0.240. The van der Waals surface area contributed by atoms with Crippen LogP contribution in [0, 0.1) is 0 Å². The van der Waals surface area contributed by atoms with E-state index in [9.17, 15) is 4.79 Å². The maximum absolute atomic E-state index is 12.3. The van der Waals surface area contributed by atoms with Crippen molar-refractivity contribution in [2.75, 3.05) is 0 Å². The molecule has 0 aliphatic heterocycles. The summed E-state index contributed by atoms with van der Waals surface area (Å²) in [5, 5.41) is 1.04. The number of rotatable bonds is 6. The van der Waals surface area contributed by atoms with E-state index in [2.05, 4.69) is 41.3 Å². The van der Waals surface area contributed by atoms with Crippen molar-refractivity contribution in [1.29, 1.82) is 0 Å². The van der Waals surface area contributed by atoms with Crippen molar-refractivity contribution in [3.8, 4) is 0 Å². The average Bonchev–Trinajstić information content (AvgIpc) is 3.38. The van der Waals surface area contributed by atoms with Gasteiger partial charge in [-0.05, 0) is 65.8 Å². The molecular formula is C25H23NO3. The predicted octanol–water partition coefficient (Wildman–Crippen LogP) is 5.08. The van der Waals surface area contributed by atoms with Gasteiger partial charge in [0, 0.05) is 24.5 Å². The van der Waals surface area contributed by atoms with Gasteiger partial charge in [-0.1, -0.05) is 30.3 Å². The molecule has 1 aliphatic carbocycles. The molecule has 29 heavy (non-hydrogen) atoms. The first-order valence-corrected chi connectivity index (χ1v) is 10.1. The highest BCUT2D eigenvalue weighted by atomic mass is 16.4. The first-order valence-electron chi connectivity index (χ1n) is 10.1. The van der Waals surface area contributed by atoms with Crippen LogP contribution in [0.4, 0.5) is 0 Å². The molecule has 2 aromatic heterocycles. The molecule has 2 heterocycles. The van der Waals surface area contributed by atoms with Gasteiger partial charge >= 0.3 is 5.63 Å². The van der Waals surface area contributed by atoms with Crippen molar-refractivity contribution in [2.24, 2.45) is 0 Å². The summed E-state index contributed by atoms with van der Waals surface area (Å²) in [6.07, 6.45) is 5.04. The standard InChI is InChI=1S/C25H23NO3/c27-25-14-21(23-12-19-8-4-9-20(19)13-24(23)29-25)16-26(17-22-10-5-11-28-22)15-18-6-2-1-3-7-18/h1-3,5-7,10-14H,4,8-9,15-17H2. The molecule has 2 aromatic carbocycles. The summed E-state index contributed by atoms with van der Waals surface area (Å²) >= 11 is 0. The number of benzene rings is 2. The third-order valence-electron chi connectivity index (χ3n) is 5.65. The Morgan fingerprint density at radius 2 is 1.69 bits per heavy atom. The topological polar surface area (TPSA) is 46.6 Å². The number of aryl methyl sites for hydroxylation is 2. The molecule has 4 heteroatoms. The highest BCUT2D eigenvalue weighted by molar-refractivity contribution is 5.82. The summed E-state index contributed by atoms with van der Waals surface area (Å²) in [5.74, 6) is 0.911. The molecule has 0 radical (unpaired) electrons. The molecule has 0 atom stereocenters. The van der Waals surface area contributed by atoms with E-state index in [1.807, 2.05) is 18.2 Å². The third kappa shape index (κ3) is 3.89. The maximum Gasteiger partial charge on any atom is 0.336 e. The van der Waals surface area contributed by atoms with Crippen molar-refractivity contribution >= 4 is 11.0 Å². The number of furan rings is 1. The molecule has 0 saturated carbocycles. The molecule has 0 N–H and O–H groups in total. The van der Waals surface area contributed by atoms with Crippen molar-refractivity contribution in [1.82, 2.24) is 4.90 Å². The van der Waals surface area contributed by atoms with Gasteiger partial charge in [0.1, 0.15) is 11.3 Å². The first-order chi connectivity index (χ1) is 14.2. The highest BCUT2D eigenvalue weighted by Crippen LogP contribution is 2.29.